The van der Waals surface area contributed by atoms with E-state index < -0.39 is 36.6 Å². The van der Waals surface area contributed by atoms with Gasteiger partial charge in [0.15, 0.2) is 0 Å². The Hall–Kier alpha value is -2.75. The molecule has 1 atom stereocenters. The molecule has 0 aliphatic carbocycles. The van der Waals surface area contributed by atoms with Gasteiger partial charge in [0.25, 0.3) is 0 Å². The van der Waals surface area contributed by atoms with Gasteiger partial charge in [0.2, 0.25) is 5.60 Å². The Labute approximate surface area is 179 Å². The van der Waals surface area contributed by atoms with Crippen LogP contribution in [-0.4, -0.2) is 46.6 Å². The quantitative estimate of drug-likeness (QED) is 0.548. The van der Waals surface area contributed by atoms with Crippen molar-refractivity contribution in [3.8, 4) is 5.75 Å². The standard InChI is InChI=1S/C21H29F3N4O3/c1-19(2,3)15-5-7-16(8-6-15)31-14-12-27-18(29)26-10-9-20(30,21(22,23)24)17-25-11-13-28(17)4/h5-8,11,13,30H,9-10,12,14H2,1-4H3,(H2,26,27,29). The fourth-order valence-corrected chi connectivity index (χ4v) is 2.95. The van der Waals surface area contributed by atoms with Crippen LogP contribution in [0.25, 0.3) is 0 Å². The van der Waals surface area contributed by atoms with Crippen LogP contribution in [0.4, 0.5) is 18.0 Å². The number of benzene rings is 1. The van der Waals surface area contributed by atoms with Gasteiger partial charge in [0.1, 0.15) is 18.2 Å². The summed E-state index contributed by atoms with van der Waals surface area (Å²) >= 11 is 0. The monoisotopic (exact) mass is 442 g/mol. The van der Waals surface area contributed by atoms with Crippen molar-refractivity contribution in [1.29, 1.82) is 0 Å². The molecule has 1 aromatic heterocycles. The number of hydrogen-bond acceptors (Lipinski definition) is 4. The molecule has 0 saturated carbocycles. The largest absolute Gasteiger partial charge is 0.492 e. The Kier molecular flexibility index (Phi) is 7.58. The van der Waals surface area contributed by atoms with Gasteiger partial charge < -0.3 is 25.0 Å². The molecule has 0 aliphatic rings. The predicted octanol–water partition coefficient (Wildman–Crippen LogP) is 3.24. The average Bonchev–Trinajstić information content (AvgIpc) is 3.10. The van der Waals surface area contributed by atoms with Gasteiger partial charge in [0.05, 0.1) is 6.54 Å². The molecule has 1 unspecified atom stereocenters. The number of urea groups is 1. The molecule has 3 N–H and O–H groups in total. The summed E-state index contributed by atoms with van der Waals surface area (Å²) < 4.78 is 46.9. The van der Waals surface area contributed by atoms with Gasteiger partial charge in [-0.1, -0.05) is 32.9 Å². The van der Waals surface area contributed by atoms with Crippen LogP contribution in [0, 0.1) is 0 Å². The normalized spacial score (nSPS) is 14.1. The van der Waals surface area contributed by atoms with E-state index in [1.54, 1.807) is 0 Å². The van der Waals surface area contributed by atoms with E-state index >= 15 is 0 Å². The van der Waals surface area contributed by atoms with E-state index in [0.29, 0.717) is 5.75 Å². The van der Waals surface area contributed by atoms with Crippen LogP contribution in [0.1, 0.15) is 38.6 Å². The van der Waals surface area contributed by atoms with Crippen molar-refractivity contribution >= 4 is 6.03 Å². The number of aliphatic hydroxyl groups is 1. The highest BCUT2D eigenvalue weighted by atomic mass is 19.4. The summed E-state index contributed by atoms with van der Waals surface area (Å²) in [6.07, 6.45) is -3.24. The summed E-state index contributed by atoms with van der Waals surface area (Å²) in [5.74, 6) is 0.119. The van der Waals surface area contributed by atoms with Crippen LogP contribution in [0.3, 0.4) is 0 Å². The molecule has 0 spiro atoms. The molecule has 1 heterocycles. The first-order valence-electron chi connectivity index (χ1n) is 9.86. The van der Waals surface area contributed by atoms with Crippen LogP contribution >= 0.6 is 0 Å². The number of alkyl halides is 3. The second-order valence-corrected chi connectivity index (χ2v) is 8.28. The van der Waals surface area contributed by atoms with Gasteiger partial charge in [-0.3, -0.25) is 0 Å². The molecule has 0 radical (unpaired) electrons. The Morgan fingerprint density at radius 2 is 1.74 bits per heavy atom. The number of halogens is 3. The van der Waals surface area contributed by atoms with Crippen LogP contribution in [0.5, 0.6) is 5.75 Å². The molecule has 31 heavy (non-hydrogen) atoms. The van der Waals surface area contributed by atoms with Crippen molar-refractivity contribution in [1.82, 2.24) is 20.2 Å². The van der Waals surface area contributed by atoms with Crippen LogP contribution in [0.2, 0.25) is 0 Å². The van der Waals surface area contributed by atoms with Crippen molar-refractivity contribution in [3.05, 3.63) is 48.0 Å². The van der Waals surface area contributed by atoms with E-state index in [0.717, 1.165) is 4.57 Å². The van der Waals surface area contributed by atoms with Gasteiger partial charge in [-0.2, -0.15) is 13.2 Å². The van der Waals surface area contributed by atoms with Gasteiger partial charge in [-0.25, -0.2) is 9.78 Å². The minimum Gasteiger partial charge on any atom is -0.492 e. The summed E-state index contributed by atoms with van der Waals surface area (Å²) in [4.78, 5) is 15.4. The minimum atomic E-state index is -4.94. The maximum absolute atomic E-state index is 13.4. The first kappa shape index (κ1) is 24.5. The third-order valence-corrected chi connectivity index (χ3v) is 4.81. The highest BCUT2D eigenvalue weighted by Gasteiger charge is 2.57. The third-order valence-electron chi connectivity index (χ3n) is 4.81. The summed E-state index contributed by atoms with van der Waals surface area (Å²) in [5, 5.41) is 15.0. The Morgan fingerprint density at radius 3 is 2.26 bits per heavy atom. The number of nitrogens with one attached hydrogen (secondary N) is 2. The maximum Gasteiger partial charge on any atom is 0.424 e. The number of aryl methyl sites for hydroxylation is 1. The molecule has 0 aliphatic heterocycles. The molecule has 1 aromatic carbocycles. The van der Waals surface area contributed by atoms with Crippen molar-refractivity contribution in [2.75, 3.05) is 19.7 Å². The molecule has 2 amide bonds. The predicted molar refractivity (Wildman–Crippen MR) is 110 cm³/mol. The zero-order valence-electron chi connectivity index (χ0n) is 18.1. The van der Waals surface area contributed by atoms with E-state index in [9.17, 15) is 23.1 Å². The van der Waals surface area contributed by atoms with Crippen LogP contribution < -0.4 is 15.4 Å². The number of carbonyl (C=O) groups is 1. The first-order chi connectivity index (χ1) is 14.3. The molecule has 2 rings (SSSR count). The smallest absolute Gasteiger partial charge is 0.424 e. The minimum absolute atomic E-state index is 0.0345. The first-order valence-corrected chi connectivity index (χ1v) is 9.86. The topological polar surface area (TPSA) is 88.4 Å². The van der Waals surface area contributed by atoms with Gasteiger partial charge in [0, 0.05) is 32.4 Å². The van der Waals surface area contributed by atoms with E-state index in [2.05, 4.69) is 36.4 Å². The van der Waals surface area contributed by atoms with Crippen molar-refractivity contribution in [2.45, 2.75) is 44.4 Å². The van der Waals surface area contributed by atoms with Crippen molar-refractivity contribution < 1.29 is 27.8 Å². The van der Waals surface area contributed by atoms with Gasteiger partial charge >= 0.3 is 12.2 Å². The zero-order chi connectivity index (χ0) is 23.3. The van der Waals surface area contributed by atoms with Crippen LogP contribution in [-0.2, 0) is 18.1 Å². The van der Waals surface area contributed by atoms with E-state index in [-0.39, 0.29) is 18.6 Å². The number of rotatable bonds is 8. The highest BCUT2D eigenvalue weighted by molar-refractivity contribution is 5.73. The maximum atomic E-state index is 13.4. The molecule has 0 bridgehead atoms. The number of amides is 2. The Morgan fingerprint density at radius 1 is 1.13 bits per heavy atom. The lowest BCUT2D eigenvalue weighted by Gasteiger charge is -2.29. The number of carbonyl (C=O) groups excluding carboxylic acids is 1. The van der Waals surface area contributed by atoms with Gasteiger partial charge in [-0.05, 0) is 23.1 Å². The molecule has 172 valence electrons. The average molecular weight is 442 g/mol. The van der Waals surface area contributed by atoms with E-state index in [1.165, 1.54) is 25.0 Å². The highest BCUT2D eigenvalue weighted by Crippen LogP contribution is 2.40. The summed E-state index contributed by atoms with van der Waals surface area (Å²) in [5.41, 5.74) is -1.96. The summed E-state index contributed by atoms with van der Waals surface area (Å²) in [7, 11) is 1.36. The molecule has 10 heteroatoms. The lowest BCUT2D eigenvalue weighted by Crippen LogP contribution is -2.47. The van der Waals surface area contributed by atoms with E-state index in [4.69, 9.17) is 4.74 Å². The summed E-state index contributed by atoms with van der Waals surface area (Å²) in [6.45, 7) is 6.29. The van der Waals surface area contributed by atoms with Crippen molar-refractivity contribution in [3.63, 3.8) is 0 Å². The molecular formula is C21H29F3N4O3. The fourth-order valence-electron chi connectivity index (χ4n) is 2.95. The van der Waals surface area contributed by atoms with E-state index in [1.807, 2.05) is 24.3 Å². The summed E-state index contributed by atoms with van der Waals surface area (Å²) in [6, 6.07) is 6.97. The Bertz CT molecular complexity index is 860. The number of ether oxygens (including phenoxy) is 1. The fraction of sp³-hybridized carbons (Fsp3) is 0.524. The SMILES string of the molecule is Cn1ccnc1C(O)(CCNC(=O)NCCOc1ccc(C(C)(C)C)cc1)C(F)(F)F. The third kappa shape index (κ3) is 6.36. The second kappa shape index (κ2) is 9.59. The van der Waals surface area contributed by atoms with Gasteiger partial charge in [-0.15, -0.1) is 0 Å². The number of hydrogen-bond donors (Lipinski definition) is 3. The Balaban J connectivity index is 1.76. The number of imidazole rings is 1. The zero-order valence-corrected chi connectivity index (χ0v) is 18.1. The molecule has 0 fully saturated rings. The van der Waals surface area contributed by atoms with Crippen molar-refractivity contribution in [2.24, 2.45) is 7.05 Å². The lowest BCUT2D eigenvalue weighted by atomic mass is 9.87. The molecule has 2 aromatic rings. The lowest BCUT2D eigenvalue weighted by molar-refractivity contribution is -0.272. The number of nitrogens with zero attached hydrogens (tertiary/aromatic N) is 2. The molecule has 0 saturated heterocycles. The van der Waals surface area contributed by atoms with Crippen LogP contribution in [0.15, 0.2) is 36.7 Å². The molecule has 7 nitrogen and oxygen atoms in total. The second-order valence-electron chi connectivity index (χ2n) is 8.28. The molecular weight excluding hydrogens is 413 g/mol. The number of aromatic nitrogens is 2.